The van der Waals surface area contributed by atoms with E-state index in [1.54, 1.807) is 42.6 Å². The molecule has 0 unspecified atom stereocenters. The zero-order valence-electron chi connectivity index (χ0n) is 14.1. The molecule has 1 heterocycles. The first-order chi connectivity index (χ1) is 13.1. The van der Waals surface area contributed by atoms with Gasteiger partial charge in [0.2, 0.25) is 0 Å². The van der Waals surface area contributed by atoms with Crippen molar-refractivity contribution >= 4 is 23.7 Å². The minimum Gasteiger partial charge on any atom is -0.322 e. The van der Waals surface area contributed by atoms with E-state index in [9.17, 15) is 14.0 Å². The van der Waals surface area contributed by atoms with Gasteiger partial charge >= 0.3 is 0 Å². The first-order valence-electron chi connectivity index (χ1n) is 8.03. The molecule has 0 saturated carbocycles. The summed E-state index contributed by atoms with van der Waals surface area (Å²) in [5.41, 5.74) is 4.26. The minimum atomic E-state index is -0.410. The van der Waals surface area contributed by atoms with Crippen LogP contribution in [-0.2, 0) is 0 Å². The van der Waals surface area contributed by atoms with Crippen LogP contribution in [0.1, 0.15) is 26.4 Å². The maximum atomic E-state index is 12.9. The number of hydrazone groups is 1. The molecule has 0 aliphatic carbocycles. The van der Waals surface area contributed by atoms with E-state index >= 15 is 0 Å². The predicted molar refractivity (Wildman–Crippen MR) is 100 cm³/mol. The number of anilines is 1. The van der Waals surface area contributed by atoms with Crippen LogP contribution in [0.15, 0.2) is 78.0 Å². The van der Waals surface area contributed by atoms with Crippen molar-refractivity contribution in [3.63, 3.8) is 0 Å². The molecule has 7 heteroatoms. The lowest BCUT2D eigenvalue weighted by Gasteiger charge is -2.06. The van der Waals surface area contributed by atoms with Crippen molar-refractivity contribution < 1.29 is 14.0 Å². The Kier molecular flexibility index (Phi) is 5.64. The van der Waals surface area contributed by atoms with E-state index in [-0.39, 0.29) is 5.91 Å². The normalized spacial score (nSPS) is 10.6. The number of nitrogens with zero attached hydrogens (tertiary/aromatic N) is 2. The maximum Gasteiger partial charge on any atom is 0.271 e. The average Bonchev–Trinajstić information content (AvgIpc) is 2.70. The molecule has 0 atom stereocenters. The lowest BCUT2D eigenvalue weighted by Crippen LogP contribution is -2.18. The van der Waals surface area contributed by atoms with Crippen molar-refractivity contribution in [3.8, 4) is 0 Å². The Balaban J connectivity index is 1.57. The Labute approximate surface area is 154 Å². The number of hydrogen-bond acceptors (Lipinski definition) is 4. The van der Waals surface area contributed by atoms with Gasteiger partial charge in [-0.1, -0.05) is 6.07 Å². The number of pyridine rings is 1. The third kappa shape index (κ3) is 5.05. The molecule has 6 nitrogen and oxygen atoms in total. The van der Waals surface area contributed by atoms with Crippen molar-refractivity contribution in [1.29, 1.82) is 0 Å². The third-order valence-electron chi connectivity index (χ3n) is 3.56. The second-order valence-corrected chi connectivity index (χ2v) is 5.49. The van der Waals surface area contributed by atoms with Crippen molar-refractivity contribution in [3.05, 3.63) is 95.6 Å². The van der Waals surface area contributed by atoms with Crippen molar-refractivity contribution in [1.82, 2.24) is 10.4 Å². The second kappa shape index (κ2) is 8.48. The zero-order chi connectivity index (χ0) is 19.1. The van der Waals surface area contributed by atoms with Gasteiger partial charge in [-0.05, 0) is 60.7 Å². The summed E-state index contributed by atoms with van der Waals surface area (Å²) in [6.45, 7) is 0. The molecule has 2 aromatic carbocycles. The average molecular weight is 362 g/mol. The summed E-state index contributed by atoms with van der Waals surface area (Å²) >= 11 is 0. The van der Waals surface area contributed by atoms with Gasteiger partial charge in [-0.15, -0.1) is 0 Å². The number of carbonyl (C=O) groups is 2. The van der Waals surface area contributed by atoms with Crippen LogP contribution < -0.4 is 10.7 Å². The van der Waals surface area contributed by atoms with Gasteiger partial charge in [-0.25, -0.2) is 9.82 Å². The summed E-state index contributed by atoms with van der Waals surface area (Å²) in [7, 11) is 0. The number of amides is 2. The van der Waals surface area contributed by atoms with Gasteiger partial charge in [0.05, 0.1) is 11.9 Å². The lowest BCUT2D eigenvalue weighted by molar-refractivity contribution is 0.0954. The van der Waals surface area contributed by atoms with Crippen LogP contribution >= 0.6 is 0 Å². The molecule has 2 N–H and O–H groups in total. The summed E-state index contributed by atoms with van der Waals surface area (Å²) in [4.78, 5) is 28.2. The molecule has 0 aliphatic heterocycles. The highest BCUT2D eigenvalue weighted by Gasteiger charge is 2.08. The van der Waals surface area contributed by atoms with Crippen LogP contribution in [0.3, 0.4) is 0 Å². The SMILES string of the molecule is O=C(N/N=C\c1ccccn1)c1ccc(NC(=O)c2ccc(F)cc2)cc1. The molecule has 1 aromatic heterocycles. The lowest BCUT2D eigenvalue weighted by atomic mass is 10.1. The molecule has 0 fully saturated rings. The van der Waals surface area contributed by atoms with Crippen LogP contribution in [0.4, 0.5) is 10.1 Å². The highest BCUT2D eigenvalue weighted by Crippen LogP contribution is 2.12. The van der Waals surface area contributed by atoms with E-state index in [2.05, 4.69) is 20.8 Å². The van der Waals surface area contributed by atoms with Gasteiger partial charge < -0.3 is 5.32 Å². The van der Waals surface area contributed by atoms with E-state index < -0.39 is 11.7 Å². The Bertz CT molecular complexity index is 956. The molecule has 0 spiro atoms. The maximum absolute atomic E-state index is 12.9. The number of rotatable bonds is 5. The van der Waals surface area contributed by atoms with Gasteiger partial charge in [0, 0.05) is 23.0 Å². The minimum absolute atomic E-state index is 0.335. The summed E-state index contributed by atoms with van der Waals surface area (Å²) in [6, 6.07) is 16.9. The van der Waals surface area contributed by atoms with E-state index in [1.165, 1.54) is 30.5 Å². The fourth-order valence-electron chi connectivity index (χ4n) is 2.18. The number of nitrogens with one attached hydrogen (secondary N) is 2. The molecule has 2 amide bonds. The second-order valence-electron chi connectivity index (χ2n) is 5.49. The van der Waals surface area contributed by atoms with Gasteiger partial charge in [0.1, 0.15) is 5.82 Å². The summed E-state index contributed by atoms with van der Waals surface area (Å²) in [6.07, 6.45) is 3.07. The third-order valence-corrected chi connectivity index (χ3v) is 3.56. The molecule has 0 bridgehead atoms. The van der Waals surface area contributed by atoms with Crippen molar-refractivity contribution in [2.24, 2.45) is 5.10 Å². The molecule has 134 valence electrons. The quantitative estimate of drug-likeness (QED) is 0.540. The highest BCUT2D eigenvalue weighted by molar-refractivity contribution is 6.04. The largest absolute Gasteiger partial charge is 0.322 e. The fourth-order valence-corrected chi connectivity index (χ4v) is 2.18. The van der Waals surface area contributed by atoms with Crippen LogP contribution in [-0.4, -0.2) is 23.0 Å². The molecule has 27 heavy (non-hydrogen) atoms. The number of aromatic nitrogens is 1. The van der Waals surface area contributed by atoms with E-state index in [1.807, 2.05) is 6.07 Å². The van der Waals surface area contributed by atoms with Crippen LogP contribution in [0.25, 0.3) is 0 Å². The summed E-state index contributed by atoms with van der Waals surface area (Å²) in [5, 5.41) is 6.53. The summed E-state index contributed by atoms with van der Waals surface area (Å²) in [5.74, 6) is -1.17. The fraction of sp³-hybridized carbons (Fsp3) is 0. The number of halogens is 1. The van der Waals surface area contributed by atoms with Crippen LogP contribution in [0.2, 0.25) is 0 Å². The standard InChI is InChI=1S/C20H15FN4O2/c21-16-8-4-14(5-9-16)19(26)24-17-10-6-15(7-11-17)20(27)25-23-13-18-3-1-2-12-22-18/h1-13H,(H,24,26)(H,25,27)/b23-13-. The number of benzene rings is 2. The molecule has 0 radical (unpaired) electrons. The Morgan fingerprint density at radius 3 is 2.22 bits per heavy atom. The van der Waals surface area contributed by atoms with E-state index in [0.29, 0.717) is 22.5 Å². The zero-order valence-corrected chi connectivity index (χ0v) is 14.1. The Hall–Kier alpha value is -3.87. The van der Waals surface area contributed by atoms with Crippen molar-refractivity contribution in [2.75, 3.05) is 5.32 Å². The molecule has 3 rings (SSSR count). The Morgan fingerprint density at radius 2 is 1.56 bits per heavy atom. The van der Waals surface area contributed by atoms with Gasteiger partial charge in [0.15, 0.2) is 0 Å². The number of hydrogen-bond donors (Lipinski definition) is 2. The highest BCUT2D eigenvalue weighted by atomic mass is 19.1. The predicted octanol–water partition coefficient (Wildman–Crippen LogP) is 3.24. The molecular weight excluding hydrogens is 347 g/mol. The first-order valence-corrected chi connectivity index (χ1v) is 8.03. The van der Waals surface area contributed by atoms with Gasteiger partial charge in [-0.3, -0.25) is 14.6 Å². The van der Waals surface area contributed by atoms with E-state index in [4.69, 9.17) is 0 Å². The van der Waals surface area contributed by atoms with Crippen molar-refractivity contribution in [2.45, 2.75) is 0 Å². The van der Waals surface area contributed by atoms with Crippen LogP contribution in [0, 0.1) is 5.82 Å². The molecular formula is C20H15FN4O2. The number of carbonyl (C=O) groups excluding carboxylic acids is 2. The smallest absolute Gasteiger partial charge is 0.271 e. The molecule has 3 aromatic rings. The van der Waals surface area contributed by atoms with Gasteiger partial charge in [0.25, 0.3) is 11.8 Å². The van der Waals surface area contributed by atoms with Crippen LogP contribution in [0.5, 0.6) is 0 Å². The molecule has 0 aliphatic rings. The summed E-state index contributed by atoms with van der Waals surface area (Å²) < 4.78 is 12.9. The molecule has 0 saturated heterocycles. The Morgan fingerprint density at radius 1 is 0.889 bits per heavy atom. The topological polar surface area (TPSA) is 83.4 Å². The monoisotopic (exact) mass is 362 g/mol. The van der Waals surface area contributed by atoms with Gasteiger partial charge in [-0.2, -0.15) is 5.10 Å². The van der Waals surface area contributed by atoms with E-state index in [0.717, 1.165) is 0 Å². The first kappa shape index (κ1) is 17.9.